The SMILES string of the molecule is COc1cccc(Cl)c1CNC1C(C)CCCC1C. The van der Waals surface area contributed by atoms with E-state index in [-0.39, 0.29) is 0 Å². The van der Waals surface area contributed by atoms with Crippen molar-refractivity contribution in [1.82, 2.24) is 5.32 Å². The zero-order chi connectivity index (χ0) is 13.8. The van der Waals surface area contributed by atoms with Gasteiger partial charge in [0, 0.05) is 23.2 Å². The summed E-state index contributed by atoms with van der Waals surface area (Å²) in [5, 5.41) is 4.47. The van der Waals surface area contributed by atoms with Crippen LogP contribution < -0.4 is 10.1 Å². The van der Waals surface area contributed by atoms with Gasteiger partial charge in [0.05, 0.1) is 7.11 Å². The molecule has 0 aromatic heterocycles. The van der Waals surface area contributed by atoms with Gasteiger partial charge in [-0.1, -0.05) is 37.9 Å². The number of hydrogen-bond donors (Lipinski definition) is 1. The first-order valence-electron chi connectivity index (χ1n) is 7.18. The van der Waals surface area contributed by atoms with Gasteiger partial charge in [0.2, 0.25) is 0 Å². The summed E-state index contributed by atoms with van der Waals surface area (Å²) in [5.74, 6) is 2.34. The van der Waals surface area contributed by atoms with Crippen molar-refractivity contribution >= 4 is 11.6 Å². The lowest BCUT2D eigenvalue weighted by atomic mass is 9.78. The maximum Gasteiger partial charge on any atom is 0.124 e. The van der Waals surface area contributed by atoms with Crippen LogP contribution in [0.1, 0.15) is 38.7 Å². The summed E-state index contributed by atoms with van der Waals surface area (Å²) in [6, 6.07) is 6.40. The molecule has 19 heavy (non-hydrogen) atoms. The second-order valence-corrected chi connectivity index (χ2v) is 6.12. The van der Waals surface area contributed by atoms with Crippen molar-refractivity contribution in [3.8, 4) is 5.75 Å². The Balaban J connectivity index is 2.05. The normalized spacial score (nSPS) is 27.3. The van der Waals surface area contributed by atoms with E-state index in [9.17, 15) is 0 Å². The lowest BCUT2D eigenvalue weighted by molar-refractivity contribution is 0.207. The number of methoxy groups -OCH3 is 1. The van der Waals surface area contributed by atoms with Crippen molar-refractivity contribution in [1.29, 1.82) is 0 Å². The summed E-state index contributed by atoms with van der Waals surface area (Å²) >= 11 is 6.28. The highest BCUT2D eigenvalue weighted by Crippen LogP contribution is 2.31. The number of nitrogens with one attached hydrogen (secondary N) is 1. The zero-order valence-corrected chi connectivity index (χ0v) is 12.8. The number of halogens is 1. The van der Waals surface area contributed by atoms with Crippen LogP contribution in [0.4, 0.5) is 0 Å². The highest BCUT2D eigenvalue weighted by molar-refractivity contribution is 6.31. The Morgan fingerprint density at radius 2 is 1.95 bits per heavy atom. The first-order valence-corrected chi connectivity index (χ1v) is 7.56. The quantitative estimate of drug-likeness (QED) is 0.890. The molecule has 0 radical (unpaired) electrons. The van der Waals surface area contributed by atoms with E-state index in [1.807, 2.05) is 18.2 Å². The number of rotatable bonds is 4. The Bertz CT molecular complexity index is 411. The summed E-state index contributed by atoms with van der Waals surface area (Å²) < 4.78 is 5.40. The molecule has 1 saturated carbocycles. The van der Waals surface area contributed by atoms with Crippen LogP contribution in [0.15, 0.2) is 18.2 Å². The van der Waals surface area contributed by atoms with Crippen molar-refractivity contribution in [2.75, 3.05) is 7.11 Å². The summed E-state index contributed by atoms with van der Waals surface area (Å²) in [5.41, 5.74) is 1.07. The van der Waals surface area contributed by atoms with Gasteiger partial charge >= 0.3 is 0 Å². The topological polar surface area (TPSA) is 21.3 Å². The van der Waals surface area contributed by atoms with E-state index in [1.165, 1.54) is 19.3 Å². The number of ether oxygens (including phenoxy) is 1. The van der Waals surface area contributed by atoms with Gasteiger partial charge in [0.1, 0.15) is 5.75 Å². The minimum Gasteiger partial charge on any atom is -0.496 e. The fraction of sp³-hybridized carbons (Fsp3) is 0.625. The lowest BCUT2D eigenvalue weighted by Gasteiger charge is -2.35. The van der Waals surface area contributed by atoms with E-state index in [2.05, 4.69) is 19.2 Å². The van der Waals surface area contributed by atoms with E-state index in [4.69, 9.17) is 16.3 Å². The molecule has 2 atom stereocenters. The van der Waals surface area contributed by atoms with E-state index in [1.54, 1.807) is 7.11 Å². The Labute approximate surface area is 121 Å². The molecule has 0 heterocycles. The van der Waals surface area contributed by atoms with Crippen LogP contribution in [0.3, 0.4) is 0 Å². The maximum absolute atomic E-state index is 6.28. The van der Waals surface area contributed by atoms with Crippen LogP contribution in [0, 0.1) is 11.8 Å². The van der Waals surface area contributed by atoms with Gasteiger partial charge < -0.3 is 10.1 Å². The minimum absolute atomic E-state index is 0.578. The molecule has 0 spiro atoms. The summed E-state index contributed by atoms with van der Waals surface area (Å²) in [6.07, 6.45) is 4.00. The van der Waals surface area contributed by atoms with Crippen LogP contribution >= 0.6 is 11.6 Å². The highest BCUT2D eigenvalue weighted by Gasteiger charge is 2.27. The van der Waals surface area contributed by atoms with E-state index in [0.717, 1.165) is 34.7 Å². The molecule has 1 aliphatic rings. The fourth-order valence-corrected chi connectivity index (χ4v) is 3.44. The third kappa shape index (κ3) is 3.43. The predicted octanol–water partition coefficient (Wildman–Crippen LogP) is 4.26. The van der Waals surface area contributed by atoms with Crippen LogP contribution in [-0.2, 0) is 6.54 Å². The third-order valence-electron chi connectivity index (χ3n) is 4.36. The summed E-state index contributed by atoms with van der Waals surface area (Å²) in [6.45, 7) is 5.47. The average Bonchev–Trinajstić information content (AvgIpc) is 2.39. The van der Waals surface area contributed by atoms with Crippen LogP contribution in [0.2, 0.25) is 5.02 Å². The van der Waals surface area contributed by atoms with Gasteiger partial charge in [-0.15, -0.1) is 0 Å². The average molecular weight is 282 g/mol. The molecule has 2 rings (SSSR count). The van der Waals surface area contributed by atoms with Crippen molar-refractivity contribution in [3.05, 3.63) is 28.8 Å². The molecule has 1 aromatic rings. The van der Waals surface area contributed by atoms with Gasteiger partial charge in [-0.25, -0.2) is 0 Å². The molecule has 2 nitrogen and oxygen atoms in total. The smallest absolute Gasteiger partial charge is 0.124 e. The van der Waals surface area contributed by atoms with Crippen LogP contribution in [-0.4, -0.2) is 13.2 Å². The monoisotopic (exact) mass is 281 g/mol. The third-order valence-corrected chi connectivity index (χ3v) is 4.71. The van der Waals surface area contributed by atoms with E-state index < -0.39 is 0 Å². The van der Waals surface area contributed by atoms with Gasteiger partial charge in [0.25, 0.3) is 0 Å². The van der Waals surface area contributed by atoms with Crippen molar-refractivity contribution < 1.29 is 4.74 Å². The zero-order valence-electron chi connectivity index (χ0n) is 12.1. The molecule has 1 fully saturated rings. The van der Waals surface area contributed by atoms with Gasteiger partial charge in [-0.3, -0.25) is 0 Å². The maximum atomic E-state index is 6.28. The molecule has 0 bridgehead atoms. The molecule has 0 aliphatic heterocycles. The van der Waals surface area contributed by atoms with Gasteiger partial charge in [-0.2, -0.15) is 0 Å². The Hall–Kier alpha value is -0.730. The van der Waals surface area contributed by atoms with E-state index in [0.29, 0.717) is 6.04 Å². The molecule has 3 heteroatoms. The molecule has 106 valence electrons. The Morgan fingerprint density at radius 1 is 1.26 bits per heavy atom. The Kier molecular flexibility index (Phi) is 5.12. The van der Waals surface area contributed by atoms with Crippen molar-refractivity contribution in [3.63, 3.8) is 0 Å². The summed E-state index contributed by atoms with van der Waals surface area (Å²) in [4.78, 5) is 0. The molecule has 2 unspecified atom stereocenters. The van der Waals surface area contributed by atoms with Gasteiger partial charge in [0.15, 0.2) is 0 Å². The molecular formula is C16H24ClNO. The molecule has 1 N–H and O–H groups in total. The van der Waals surface area contributed by atoms with Gasteiger partial charge in [-0.05, 0) is 36.8 Å². The molecule has 1 aromatic carbocycles. The fourth-order valence-electron chi connectivity index (χ4n) is 3.21. The van der Waals surface area contributed by atoms with Crippen molar-refractivity contribution in [2.24, 2.45) is 11.8 Å². The first-order chi connectivity index (χ1) is 9.13. The minimum atomic E-state index is 0.578. The molecule has 0 amide bonds. The standard InChI is InChI=1S/C16H24ClNO/c1-11-6-4-7-12(2)16(11)18-10-13-14(17)8-5-9-15(13)19-3/h5,8-9,11-12,16,18H,4,6-7,10H2,1-3H3. The second-order valence-electron chi connectivity index (χ2n) is 5.71. The lowest BCUT2D eigenvalue weighted by Crippen LogP contribution is -2.42. The first kappa shape index (κ1) is 14.7. The second kappa shape index (κ2) is 6.62. The Morgan fingerprint density at radius 3 is 2.58 bits per heavy atom. The highest BCUT2D eigenvalue weighted by atomic mass is 35.5. The molecule has 0 saturated heterocycles. The number of benzene rings is 1. The van der Waals surface area contributed by atoms with E-state index >= 15 is 0 Å². The predicted molar refractivity (Wildman–Crippen MR) is 80.8 cm³/mol. The largest absolute Gasteiger partial charge is 0.496 e. The number of hydrogen-bond acceptors (Lipinski definition) is 2. The summed E-state index contributed by atoms with van der Waals surface area (Å²) in [7, 11) is 1.70. The van der Waals surface area contributed by atoms with Crippen LogP contribution in [0.5, 0.6) is 5.75 Å². The van der Waals surface area contributed by atoms with Crippen molar-refractivity contribution in [2.45, 2.75) is 45.7 Å². The molecular weight excluding hydrogens is 258 g/mol. The van der Waals surface area contributed by atoms with Crippen LogP contribution in [0.25, 0.3) is 0 Å². The molecule has 1 aliphatic carbocycles.